The van der Waals surface area contributed by atoms with Crippen molar-refractivity contribution in [2.75, 3.05) is 43.4 Å². The van der Waals surface area contributed by atoms with Gasteiger partial charge in [-0.3, -0.25) is 9.52 Å². The number of aliphatic hydroxyl groups is 1. The quantitative estimate of drug-likeness (QED) is 0.179. The van der Waals surface area contributed by atoms with Crippen molar-refractivity contribution in [2.45, 2.75) is 70.1 Å². The van der Waals surface area contributed by atoms with Gasteiger partial charge in [0.2, 0.25) is 0 Å². The molecule has 1 heterocycles. The van der Waals surface area contributed by atoms with E-state index in [4.69, 9.17) is 9.47 Å². The zero-order valence-electron chi connectivity index (χ0n) is 30.5. The second-order valence-electron chi connectivity index (χ2n) is 13.8. The lowest BCUT2D eigenvalue weighted by molar-refractivity contribution is -0.0115. The van der Waals surface area contributed by atoms with Gasteiger partial charge in [-0.1, -0.05) is 61.0 Å². The fraction of sp³-hybridized carbons (Fsp3) is 0.400. The summed E-state index contributed by atoms with van der Waals surface area (Å²) in [5, 5.41) is 15.3. The summed E-state index contributed by atoms with van der Waals surface area (Å²) < 4.78 is 41.9. The molecule has 3 N–H and O–H groups in total. The molecule has 0 bridgehead atoms. The van der Waals surface area contributed by atoms with Gasteiger partial charge in [0.15, 0.2) is 0 Å². The van der Waals surface area contributed by atoms with Crippen molar-refractivity contribution in [2.24, 2.45) is 5.92 Å². The number of aryl methyl sites for hydroxylation is 1. The Morgan fingerprint density at radius 1 is 1.02 bits per heavy atom. The monoisotopic (exact) mass is 730 g/mol. The molecule has 0 unspecified atom stereocenters. The number of ether oxygens (including phenoxy) is 2. The highest BCUT2D eigenvalue weighted by Crippen LogP contribution is 2.30. The maximum absolute atomic E-state index is 14.5. The first-order chi connectivity index (χ1) is 24.9. The van der Waals surface area contributed by atoms with Gasteiger partial charge in [-0.2, -0.15) is 0 Å². The number of amides is 3. The highest BCUT2D eigenvalue weighted by atomic mass is 32.2. The van der Waals surface area contributed by atoms with Crippen molar-refractivity contribution in [3.63, 3.8) is 0 Å². The van der Waals surface area contributed by atoms with Crippen LogP contribution in [0.1, 0.15) is 56.0 Å². The maximum Gasteiger partial charge on any atom is 0.321 e. The van der Waals surface area contributed by atoms with Crippen LogP contribution in [0.2, 0.25) is 0 Å². The standard InChI is InChI=1S/C40H50N4O7S/c1-27-16-19-33(20-17-27)52(48,49)42-32-18-21-37-35(23-32)39(46)44(29(3)26-45)24-28(2)38(50-22-9-8-11-30(4)51-37)25-43(5)40(47)41-36-15-10-13-31-12-6-7-14-34(31)36/h6-7,10,12-21,23,28-30,38,42,45H,8-9,11,22,24-26H2,1-5H3,(H,41,47)/t28-,29-,30+,38+/m0/s1. The first kappa shape index (κ1) is 38.6. The largest absolute Gasteiger partial charge is 0.490 e. The minimum Gasteiger partial charge on any atom is -0.490 e. The molecule has 11 nitrogen and oxygen atoms in total. The van der Waals surface area contributed by atoms with Crippen LogP contribution in [0.5, 0.6) is 5.75 Å². The Labute approximate surface area is 307 Å². The molecule has 278 valence electrons. The number of fused-ring (bicyclic) bond motifs is 2. The molecular weight excluding hydrogens is 681 g/mol. The van der Waals surface area contributed by atoms with E-state index < -0.39 is 28.1 Å². The van der Waals surface area contributed by atoms with E-state index in [9.17, 15) is 23.1 Å². The number of benzene rings is 4. The number of hydrogen-bond donors (Lipinski definition) is 3. The lowest BCUT2D eigenvalue weighted by atomic mass is 10.0. The number of nitrogens with zero attached hydrogens (tertiary/aromatic N) is 2. The Kier molecular flexibility index (Phi) is 12.8. The van der Waals surface area contributed by atoms with Crippen LogP contribution < -0.4 is 14.8 Å². The average Bonchev–Trinajstić information content (AvgIpc) is 3.12. The Hall–Kier alpha value is -4.65. The van der Waals surface area contributed by atoms with Crippen molar-refractivity contribution >= 4 is 44.1 Å². The van der Waals surface area contributed by atoms with Gasteiger partial charge in [0, 0.05) is 43.7 Å². The van der Waals surface area contributed by atoms with Crippen molar-refractivity contribution < 1.29 is 32.6 Å². The predicted molar refractivity (Wildman–Crippen MR) is 204 cm³/mol. The van der Waals surface area contributed by atoms with Gasteiger partial charge in [-0.15, -0.1) is 0 Å². The molecule has 1 aliphatic rings. The number of anilines is 2. The Balaban J connectivity index is 1.40. The molecule has 52 heavy (non-hydrogen) atoms. The number of hydrogen-bond acceptors (Lipinski definition) is 7. The third-order valence-corrected chi connectivity index (χ3v) is 10.9. The summed E-state index contributed by atoms with van der Waals surface area (Å²) in [6.45, 7) is 8.13. The molecule has 5 rings (SSSR count). The smallest absolute Gasteiger partial charge is 0.321 e. The summed E-state index contributed by atoms with van der Waals surface area (Å²) in [4.78, 5) is 31.2. The van der Waals surface area contributed by atoms with Crippen molar-refractivity contribution in [1.82, 2.24) is 9.80 Å². The molecule has 3 amide bonds. The van der Waals surface area contributed by atoms with Crippen molar-refractivity contribution in [1.29, 1.82) is 0 Å². The van der Waals surface area contributed by atoms with E-state index in [0.717, 1.165) is 29.2 Å². The average molecular weight is 731 g/mol. The Bertz CT molecular complexity index is 1950. The second-order valence-corrected chi connectivity index (χ2v) is 15.4. The van der Waals surface area contributed by atoms with Gasteiger partial charge in [-0.25, -0.2) is 13.2 Å². The van der Waals surface area contributed by atoms with Crippen LogP contribution in [0.4, 0.5) is 16.2 Å². The van der Waals surface area contributed by atoms with E-state index in [-0.39, 0.29) is 53.9 Å². The fourth-order valence-electron chi connectivity index (χ4n) is 6.28. The molecule has 0 fully saturated rings. The van der Waals surface area contributed by atoms with Crippen LogP contribution in [-0.2, 0) is 14.8 Å². The first-order valence-electron chi connectivity index (χ1n) is 17.8. The molecule has 0 saturated heterocycles. The van der Waals surface area contributed by atoms with Crippen LogP contribution in [0.3, 0.4) is 0 Å². The van der Waals surface area contributed by atoms with Crippen molar-refractivity contribution in [3.05, 3.63) is 96.1 Å². The third kappa shape index (κ3) is 9.61. The molecule has 4 atom stereocenters. The van der Waals surface area contributed by atoms with Gasteiger partial charge < -0.3 is 29.7 Å². The van der Waals surface area contributed by atoms with E-state index in [2.05, 4.69) is 10.0 Å². The lowest BCUT2D eigenvalue weighted by Gasteiger charge is -2.35. The number of sulfonamides is 1. The number of carbonyl (C=O) groups excluding carboxylic acids is 2. The minimum absolute atomic E-state index is 0.0977. The number of likely N-dealkylation sites (N-methyl/N-ethyl adjacent to an activating group) is 1. The van der Waals surface area contributed by atoms with Gasteiger partial charge in [0.1, 0.15) is 5.75 Å². The number of rotatable bonds is 8. The molecule has 0 aromatic heterocycles. The fourth-order valence-corrected chi connectivity index (χ4v) is 7.33. The van der Waals surface area contributed by atoms with E-state index >= 15 is 0 Å². The third-order valence-electron chi connectivity index (χ3n) is 9.47. The number of urea groups is 1. The van der Waals surface area contributed by atoms with E-state index in [1.165, 1.54) is 18.2 Å². The number of nitrogens with one attached hydrogen (secondary N) is 2. The summed E-state index contributed by atoms with van der Waals surface area (Å²) in [6.07, 6.45) is 1.60. The first-order valence-corrected chi connectivity index (χ1v) is 19.3. The molecule has 4 aromatic carbocycles. The lowest BCUT2D eigenvalue weighted by Crippen LogP contribution is -2.48. The maximum atomic E-state index is 14.5. The van der Waals surface area contributed by atoms with Crippen LogP contribution in [0.25, 0.3) is 10.8 Å². The molecular formula is C40H50N4O7S. The van der Waals surface area contributed by atoms with Gasteiger partial charge >= 0.3 is 6.03 Å². The number of aliphatic hydroxyl groups excluding tert-OH is 1. The Morgan fingerprint density at radius 2 is 1.75 bits per heavy atom. The number of carbonyl (C=O) groups is 2. The van der Waals surface area contributed by atoms with Crippen LogP contribution in [0, 0.1) is 12.8 Å². The summed E-state index contributed by atoms with van der Waals surface area (Å²) in [5.41, 5.74) is 2.01. The molecule has 4 aromatic rings. The second kappa shape index (κ2) is 17.2. The summed E-state index contributed by atoms with van der Waals surface area (Å²) in [5.74, 6) is -0.363. The van der Waals surface area contributed by atoms with E-state index in [1.54, 1.807) is 48.0 Å². The Morgan fingerprint density at radius 3 is 2.50 bits per heavy atom. The minimum atomic E-state index is -3.94. The molecule has 0 spiro atoms. The van der Waals surface area contributed by atoms with Crippen LogP contribution >= 0.6 is 0 Å². The predicted octanol–water partition coefficient (Wildman–Crippen LogP) is 6.91. The molecule has 12 heteroatoms. The van der Waals surface area contributed by atoms with Crippen LogP contribution in [0.15, 0.2) is 89.8 Å². The van der Waals surface area contributed by atoms with Crippen molar-refractivity contribution in [3.8, 4) is 5.75 Å². The molecule has 0 aliphatic carbocycles. The van der Waals surface area contributed by atoms with Crippen LogP contribution in [-0.4, -0.2) is 86.9 Å². The van der Waals surface area contributed by atoms with Gasteiger partial charge in [-0.05, 0) is 81.8 Å². The molecule has 0 saturated carbocycles. The normalized spacial score (nSPS) is 19.5. The summed E-state index contributed by atoms with van der Waals surface area (Å²) in [6, 6.07) is 23.9. The molecule has 1 aliphatic heterocycles. The highest BCUT2D eigenvalue weighted by Gasteiger charge is 2.31. The summed E-state index contributed by atoms with van der Waals surface area (Å²) in [7, 11) is -2.23. The SMILES string of the molecule is Cc1ccc(S(=O)(=O)Nc2ccc3c(c2)C(=O)N([C@@H](C)CO)C[C@H](C)[C@@H](CN(C)C(=O)Nc2cccc4ccccc24)OCCCC[C@@H](C)O3)cc1. The zero-order chi connectivity index (χ0) is 37.4. The summed E-state index contributed by atoms with van der Waals surface area (Å²) >= 11 is 0. The van der Waals surface area contributed by atoms with E-state index in [0.29, 0.717) is 24.5 Å². The van der Waals surface area contributed by atoms with E-state index in [1.807, 2.05) is 63.2 Å². The highest BCUT2D eigenvalue weighted by molar-refractivity contribution is 7.92. The zero-order valence-corrected chi connectivity index (χ0v) is 31.4. The topological polar surface area (TPSA) is 138 Å². The van der Waals surface area contributed by atoms with Gasteiger partial charge in [0.05, 0.1) is 41.0 Å². The molecule has 0 radical (unpaired) electrons. The van der Waals surface area contributed by atoms with Gasteiger partial charge in [0.25, 0.3) is 15.9 Å².